The van der Waals surface area contributed by atoms with Crippen LogP contribution in [-0.2, 0) is 0 Å². The molecule has 0 atom stereocenters. The van der Waals surface area contributed by atoms with Gasteiger partial charge in [-0.3, -0.25) is 19.7 Å². The summed E-state index contributed by atoms with van der Waals surface area (Å²) in [6, 6.07) is 9.44. The van der Waals surface area contributed by atoms with Crippen molar-refractivity contribution in [2.75, 3.05) is 0 Å². The smallest absolute Gasteiger partial charge is 0.387 e. The molecule has 0 spiro atoms. The second-order valence-electron chi connectivity index (χ2n) is 6.78. The monoisotopic (exact) mass is 477 g/mol. The topological polar surface area (TPSA) is 111 Å². The van der Waals surface area contributed by atoms with E-state index in [9.17, 15) is 37.3 Å². The third-order valence-electron chi connectivity index (χ3n) is 4.76. The Morgan fingerprint density at radius 2 is 1.65 bits per heavy atom. The molecule has 0 saturated carbocycles. The molecule has 9 nitrogen and oxygen atoms in total. The lowest BCUT2D eigenvalue weighted by molar-refractivity contribution is -0.384. The summed E-state index contributed by atoms with van der Waals surface area (Å²) in [5.41, 5.74) is -0.677. The average molecular weight is 477 g/mol. The Bertz CT molecular complexity index is 1360. The van der Waals surface area contributed by atoms with Crippen molar-refractivity contribution in [2.45, 2.75) is 13.2 Å². The van der Waals surface area contributed by atoms with Crippen molar-refractivity contribution in [3.8, 4) is 11.5 Å². The number of non-ortho nitro benzene ring substituents is 1. The van der Waals surface area contributed by atoms with Crippen LogP contribution in [0.5, 0.6) is 11.5 Å². The van der Waals surface area contributed by atoms with Crippen LogP contribution in [0.1, 0.15) is 26.3 Å². The second kappa shape index (κ2) is 8.77. The maximum atomic E-state index is 13.0. The number of halogens is 4. The van der Waals surface area contributed by atoms with Gasteiger partial charge >= 0.3 is 13.2 Å². The van der Waals surface area contributed by atoms with Crippen LogP contribution in [0.3, 0.4) is 0 Å². The summed E-state index contributed by atoms with van der Waals surface area (Å²) in [6.07, 6.45) is 0.835. The van der Waals surface area contributed by atoms with Gasteiger partial charge in [-0.05, 0) is 23.6 Å². The van der Waals surface area contributed by atoms with Crippen LogP contribution < -0.4 is 9.47 Å². The predicted molar refractivity (Wildman–Crippen MR) is 108 cm³/mol. The lowest BCUT2D eigenvalue weighted by atomic mass is 9.94. The standard InChI is InChI=1S/C21H11F4N3O6/c22-20(23)33-13-5-4-11(16(8-13)34-21(24)25)9-26-27-18(29)14-3-1-2-10-6-12(28(31)32)7-15(17(10)14)19(27)30/h1-9,20-21H. The Labute approximate surface area is 186 Å². The van der Waals surface area contributed by atoms with E-state index in [0.717, 1.165) is 30.5 Å². The highest BCUT2D eigenvalue weighted by Gasteiger charge is 2.34. The molecule has 0 radical (unpaired) electrons. The van der Waals surface area contributed by atoms with Gasteiger partial charge in [-0.25, -0.2) is 0 Å². The van der Waals surface area contributed by atoms with Crippen molar-refractivity contribution in [1.29, 1.82) is 0 Å². The van der Waals surface area contributed by atoms with Crippen molar-refractivity contribution in [3.63, 3.8) is 0 Å². The molecule has 4 rings (SSSR count). The minimum Gasteiger partial charge on any atom is -0.435 e. The highest BCUT2D eigenvalue weighted by atomic mass is 19.3. The minimum atomic E-state index is -3.32. The fourth-order valence-electron chi connectivity index (χ4n) is 3.41. The number of nitro benzene ring substituents is 1. The SMILES string of the molecule is O=C1c2cccc3cc([N+](=O)[O-])cc(c23)C(=O)N1N=Cc1ccc(OC(F)F)cc1OC(F)F. The molecule has 0 bridgehead atoms. The molecule has 13 heteroatoms. The molecule has 0 saturated heterocycles. The van der Waals surface area contributed by atoms with Crippen LogP contribution in [0.25, 0.3) is 10.8 Å². The third kappa shape index (κ3) is 4.22. The predicted octanol–water partition coefficient (Wildman–Crippen LogP) is 4.58. The molecule has 1 heterocycles. The molecule has 2 amide bonds. The summed E-state index contributed by atoms with van der Waals surface area (Å²) in [6.45, 7) is -6.54. The largest absolute Gasteiger partial charge is 0.435 e. The lowest BCUT2D eigenvalue weighted by Crippen LogP contribution is -2.36. The van der Waals surface area contributed by atoms with Crippen molar-refractivity contribution < 1.29 is 41.5 Å². The number of hydrogen-bond donors (Lipinski definition) is 0. The summed E-state index contributed by atoms with van der Waals surface area (Å²) in [7, 11) is 0. The molecule has 0 fully saturated rings. The number of hydrazone groups is 1. The Kier molecular flexibility index (Phi) is 5.84. The third-order valence-corrected chi connectivity index (χ3v) is 4.76. The summed E-state index contributed by atoms with van der Waals surface area (Å²) >= 11 is 0. The van der Waals surface area contributed by atoms with E-state index in [1.165, 1.54) is 24.3 Å². The molecule has 3 aromatic carbocycles. The van der Waals surface area contributed by atoms with E-state index in [2.05, 4.69) is 14.6 Å². The number of alkyl halides is 4. The van der Waals surface area contributed by atoms with Crippen molar-refractivity contribution >= 4 is 34.5 Å². The van der Waals surface area contributed by atoms with E-state index < -0.39 is 41.5 Å². The Balaban J connectivity index is 1.75. The number of nitro groups is 1. The number of carbonyl (C=O) groups is 2. The van der Waals surface area contributed by atoms with Gasteiger partial charge in [0.25, 0.3) is 17.5 Å². The zero-order valence-electron chi connectivity index (χ0n) is 16.7. The molecule has 0 aromatic heterocycles. The number of benzene rings is 3. The van der Waals surface area contributed by atoms with Gasteiger partial charge in [0.1, 0.15) is 11.5 Å². The average Bonchev–Trinajstić information content (AvgIpc) is 2.77. The lowest BCUT2D eigenvalue weighted by Gasteiger charge is -2.23. The Morgan fingerprint density at radius 3 is 2.32 bits per heavy atom. The number of ether oxygens (including phenoxy) is 2. The highest BCUT2D eigenvalue weighted by Crippen LogP contribution is 2.34. The summed E-state index contributed by atoms with van der Waals surface area (Å²) < 4.78 is 58.8. The fraction of sp³-hybridized carbons (Fsp3) is 0.0952. The number of amides is 2. The Hall–Kier alpha value is -4.55. The van der Waals surface area contributed by atoms with Crippen LogP contribution in [0.15, 0.2) is 53.6 Å². The molecular formula is C21H11F4N3O6. The van der Waals surface area contributed by atoms with Crippen LogP contribution in [0.4, 0.5) is 23.2 Å². The van der Waals surface area contributed by atoms with Gasteiger partial charge in [0.15, 0.2) is 0 Å². The number of rotatable bonds is 7. The second-order valence-corrected chi connectivity index (χ2v) is 6.78. The molecule has 0 N–H and O–H groups in total. The fourth-order valence-corrected chi connectivity index (χ4v) is 3.41. The van der Waals surface area contributed by atoms with Gasteiger partial charge < -0.3 is 9.47 Å². The summed E-state index contributed by atoms with van der Waals surface area (Å²) in [5, 5.41) is 15.9. The van der Waals surface area contributed by atoms with Gasteiger partial charge in [0.2, 0.25) is 0 Å². The quantitative estimate of drug-likeness (QED) is 0.162. The van der Waals surface area contributed by atoms with Gasteiger partial charge in [-0.1, -0.05) is 12.1 Å². The zero-order chi connectivity index (χ0) is 24.6. The number of nitrogens with zero attached hydrogens (tertiary/aromatic N) is 3. The normalized spacial score (nSPS) is 13.4. The van der Waals surface area contributed by atoms with E-state index in [-0.39, 0.29) is 27.8 Å². The minimum absolute atomic E-state index is 0.0453. The molecular weight excluding hydrogens is 466 g/mol. The van der Waals surface area contributed by atoms with E-state index >= 15 is 0 Å². The van der Waals surface area contributed by atoms with Gasteiger partial charge in [-0.2, -0.15) is 27.7 Å². The molecule has 34 heavy (non-hydrogen) atoms. The first-order chi connectivity index (χ1) is 16.2. The van der Waals surface area contributed by atoms with E-state index in [1.807, 2.05) is 0 Å². The highest BCUT2D eigenvalue weighted by molar-refractivity contribution is 6.25. The van der Waals surface area contributed by atoms with Crippen LogP contribution in [0.2, 0.25) is 0 Å². The number of hydrogen-bond acceptors (Lipinski definition) is 7. The van der Waals surface area contributed by atoms with E-state index in [0.29, 0.717) is 10.4 Å². The van der Waals surface area contributed by atoms with Gasteiger partial charge in [0, 0.05) is 29.1 Å². The van der Waals surface area contributed by atoms with Crippen molar-refractivity contribution in [1.82, 2.24) is 5.01 Å². The maximum Gasteiger partial charge on any atom is 0.387 e. The van der Waals surface area contributed by atoms with E-state index in [4.69, 9.17) is 0 Å². The number of carbonyl (C=O) groups excluding carboxylic acids is 2. The molecule has 1 aliphatic rings. The van der Waals surface area contributed by atoms with Crippen molar-refractivity contribution in [3.05, 3.63) is 75.3 Å². The first kappa shape index (κ1) is 22.6. The Morgan fingerprint density at radius 1 is 0.941 bits per heavy atom. The molecule has 174 valence electrons. The van der Waals surface area contributed by atoms with Crippen LogP contribution in [0, 0.1) is 10.1 Å². The molecule has 3 aromatic rings. The maximum absolute atomic E-state index is 13.0. The summed E-state index contributed by atoms with van der Waals surface area (Å²) in [4.78, 5) is 36.4. The zero-order valence-corrected chi connectivity index (χ0v) is 16.7. The van der Waals surface area contributed by atoms with Gasteiger partial charge in [0.05, 0.1) is 22.3 Å². The molecule has 1 aliphatic heterocycles. The summed E-state index contributed by atoms with van der Waals surface area (Å²) in [5.74, 6) is -2.92. The first-order valence-corrected chi connectivity index (χ1v) is 9.33. The molecule has 0 aliphatic carbocycles. The van der Waals surface area contributed by atoms with E-state index in [1.54, 1.807) is 0 Å². The number of imide groups is 1. The van der Waals surface area contributed by atoms with Crippen LogP contribution >= 0.6 is 0 Å². The molecule has 0 unspecified atom stereocenters. The van der Waals surface area contributed by atoms with Crippen molar-refractivity contribution in [2.24, 2.45) is 5.10 Å². The van der Waals surface area contributed by atoms with Gasteiger partial charge in [-0.15, -0.1) is 0 Å². The first-order valence-electron chi connectivity index (χ1n) is 9.33. The van der Waals surface area contributed by atoms with Crippen LogP contribution in [-0.4, -0.2) is 41.2 Å².